The largest absolute Gasteiger partial charge is 0.489 e. The molecule has 1 atom stereocenters. The van der Waals surface area contributed by atoms with E-state index in [1.54, 1.807) is 12.1 Å². The van der Waals surface area contributed by atoms with E-state index in [0.717, 1.165) is 35.5 Å². The smallest absolute Gasteiger partial charge is 0.254 e. The van der Waals surface area contributed by atoms with E-state index in [9.17, 15) is 4.79 Å². The average molecular weight is 457 g/mol. The maximum Gasteiger partial charge on any atom is 0.254 e. The Morgan fingerprint density at radius 1 is 0.909 bits per heavy atom. The van der Waals surface area contributed by atoms with E-state index in [4.69, 9.17) is 16.3 Å². The first-order valence-electron chi connectivity index (χ1n) is 11.2. The van der Waals surface area contributed by atoms with Crippen LogP contribution in [0, 0.1) is 0 Å². The van der Waals surface area contributed by atoms with Gasteiger partial charge in [-0.1, -0.05) is 60.1 Å². The van der Waals surface area contributed by atoms with E-state index in [2.05, 4.69) is 29.0 Å². The number of halogens is 1. The van der Waals surface area contributed by atoms with Crippen LogP contribution in [0.15, 0.2) is 97.2 Å². The lowest BCUT2D eigenvalue weighted by Gasteiger charge is -2.31. The molecule has 0 bridgehead atoms. The van der Waals surface area contributed by atoms with Crippen LogP contribution in [0.3, 0.4) is 0 Å². The summed E-state index contributed by atoms with van der Waals surface area (Å²) in [6, 6.07) is 29.4. The standard InChI is InChI=1S/C28H25ClN2O2/c29-24-10-4-9-23(19-24)28(32)31-18-6-17-30-16-5-11-26(30)27(31)22-12-14-25(15-13-22)33-20-21-7-2-1-3-8-21/h1-5,7-16,19,27H,6,17-18,20H2. The van der Waals surface area contributed by atoms with Crippen molar-refractivity contribution in [2.24, 2.45) is 0 Å². The quantitative estimate of drug-likeness (QED) is 0.350. The van der Waals surface area contributed by atoms with Gasteiger partial charge in [0.05, 0.1) is 6.04 Å². The van der Waals surface area contributed by atoms with Gasteiger partial charge in [-0.15, -0.1) is 0 Å². The monoisotopic (exact) mass is 456 g/mol. The number of rotatable bonds is 5. The summed E-state index contributed by atoms with van der Waals surface area (Å²) < 4.78 is 8.22. The molecule has 1 unspecified atom stereocenters. The lowest BCUT2D eigenvalue weighted by molar-refractivity contribution is 0.0709. The van der Waals surface area contributed by atoms with Crippen molar-refractivity contribution in [2.45, 2.75) is 25.6 Å². The van der Waals surface area contributed by atoms with Gasteiger partial charge in [0, 0.05) is 35.6 Å². The number of fused-ring (bicyclic) bond motifs is 1. The second-order valence-corrected chi connectivity index (χ2v) is 8.67. The zero-order valence-electron chi connectivity index (χ0n) is 18.2. The fourth-order valence-corrected chi connectivity index (χ4v) is 4.61. The lowest BCUT2D eigenvalue weighted by Crippen LogP contribution is -2.35. The minimum absolute atomic E-state index is 0.0124. The van der Waals surface area contributed by atoms with Crippen LogP contribution < -0.4 is 4.74 Å². The van der Waals surface area contributed by atoms with Gasteiger partial charge in [-0.2, -0.15) is 0 Å². The first-order valence-corrected chi connectivity index (χ1v) is 11.5. The third kappa shape index (κ3) is 4.67. The zero-order valence-corrected chi connectivity index (χ0v) is 19.0. The van der Waals surface area contributed by atoms with Crippen molar-refractivity contribution in [2.75, 3.05) is 6.54 Å². The van der Waals surface area contributed by atoms with Crippen molar-refractivity contribution in [1.29, 1.82) is 0 Å². The highest BCUT2D eigenvalue weighted by Gasteiger charge is 2.31. The summed E-state index contributed by atoms with van der Waals surface area (Å²) in [5, 5.41) is 0.565. The van der Waals surface area contributed by atoms with E-state index in [0.29, 0.717) is 23.7 Å². The number of nitrogens with zero attached hydrogens (tertiary/aromatic N) is 2. The van der Waals surface area contributed by atoms with Crippen molar-refractivity contribution in [3.63, 3.8) is 0 Å². The molecule has 0 saturated carbocycles. The van der Waals surface area contributed by atoms with E-state index < -0.39 is 0 Å². The maximum absolute atomic E-state index is 13.6. The van der Waals surface area contributed by atoms with E-state index in [-0.39, 0.29) is 11.9 Å². The molecule has 4 nitrogen and oxygen atoms in total. The second kappa shape index (κ2) is 9.55. The van der Waals surface area contributed by atoms with Gasteiger partial charge >= 0.3 is 0 Å². The summed E-state index contributed by atoms with van der Waals surface area (Å²) >= 11 is 6.18. The third-order valence-electron chi connectivity index (χ3n) is 6.03. The molecule has 166 valence electrons. The van der Waals surface area contributed by atoms with E-state index >= 15 is 0 Å². The molecule has 0 spiro atoms. The number of ether oxygens (including phenoxy) is 1. The van der Waals surface area contributed by atoms with Gasteiger partial charge in [-0.05, 0) is 60.0 Å². The Balaban J connectivity index is 1.44. The summed E-state index contributed by atoms with van der Waals surface area (Å²) in [5.74, 6) is 0.792. The highest BCUT2D eigenvalue weighted by atomic mass is 35.5. The van der Waals surface area contributed by atoms with Gasteiger partial charge in [-0.25, -0.2) is 0 Å². The van der Waals surface area contributed by atoms with Crippen molar-refractivity contribution in [3.05, 3.63) is 125 Å². The Kier molecular flexibility index (Phi) is 6.18. The molecule has 1 aliphatic heterocycles. The zero-order chi connectivity index (χ0) is 22.6. The van der Waals surface area contributed by atoms with Crippen molar-refractivity contribution in [3.8, 4) is 5.75 Å². The highest BCUT2D eigenvalue weighted by Crippen LogP contribution is 2.34. The molecule has 0 saturated heterocycles. The summed E-state index contributed by atoms with van der Waals surface area (Å²) in [5.41, 5.74) is 3.90. The molecule has 4 aromatic rings. The SMILES string of the molecule is O=C(c1cccc(Cl)c1)N1CCCn2cccc2C1c1ccc(OCc2ccccc2)cc1. The van der Waals surface area contributed by atoms with Crippen LogP contribution in [0.25, 0.3) is 0 Å². The number of carbonyl (C=O) groups excluding carboxylic acids is 1. The van der Waals surface area contributed by atoms with Gasteiger partial charge in [-0.3, -0.25) is 4.79 Å². The fourth-order valence-electron chi connectivity index (χ4n) is 4.42. The molecule has 2 heterocycles. The molecule has 1 aliphatic rings. The number of carbonyl (C=O) groups is 1. The number of hydrogen-bond donors (Lipinski definition) is 0. The van der Waals surface area contributed by atoms with Gasteiger partial charge in [0.25, 0.3) is 5.91 Å². The van der Waals surface area contributed by atoms with Crippen molar-refractivity contribution >= 4 is 17.5 Å². The highest BCUT2D eigenvalue weighted by molar-refractivity contribution is 6.30. The molecule has 1 aromatic heterocycles. The molecule has 5 heteroatoms. The van der Waals surface area contributed by atoms with Gasteiger partial charge in [0.2, 0.25) is 0 Å². The molecule has 5 rings (SSSR count). The summed E-state index contributed by atoms with van der Waals surface area (Å²) in [4.78, 5) is 15.5. The Hall–Kier alpha value is -3.50. The Morgan fingerprint density at radius 2 is 1.73 bits per heavy atom. The normalized spacial score (nSPS) is 15.5. The third-order valence-corrected chi connectivity index (χ3v) is 6.27. The molecule has 3 aromatic carbocycles. The van der Waals surface area contributed by atoms with Crippen LogP contribution in [-0.2, 0) is 13.2 Å². The Labute approximate surface area is 199 Å². The van der Waals surface area contributed by atoms with Crippen molar-refractivity contribution < 1.29 is 9.53 Å². The number of benzene rings is 3. The predicted octanol–water partition coefficient (Wildman–Crippen LogP) is 6.36. The van der Waals surface area contributed by atoms with E-state index in [1.165, 1.54) is 0 Å². The average Bonchev–Trinajstić information content (AvgIpc) is 3.23. The Morgan fingerprint density at radius 3 is 2.52 bits per heavy atom. The number of amides is 1. The maximum atomic E-state index is 13.6. The first kappa shape index (κ1) is 21.4. The number of aromatic nitrogens is 1. The lowest BCUT2D eigenvalue weighted by atomic mass is 10.0. The molecule has 33 heavy (non-hydrogen) atoms. The number of aryl methyl sites for hydroxylation is 1. The molecular weight excluding hydrogens is 432 g/mol. The Bertz CT molecular complexity index is 1230. The van der Waals surface area contributed by atoms with Gasteiger partial charge in [0.15, 0.2) is 0 Å². The second-order valence-electron chi connectivity index (χ2n) is 8.23. The van der Waals surface area contributed by atoms with Crippen LogP contribution >= 0.6 is 11.6 Å². The molecular formula is C28H25ClN2O2. The molecule has 0 aliphatic carbocycles. The van der Waals surface area contributed by atoms with Crippen LogP contribution in [0.4, 0.5) is 0 Å². The summed E-state index contributed by atoms with van der Waals surface area (Å²) in [7, 11) is 0. The molecule has 0 fully saturated rings. The summed E-state index contributed by atoms with van der Waals surface area (Å²) in [6.45, 7) is 2.08. The summed E-state index contributed by atoms with van der Waals surface area (Å²) in [6.07, 6.45) is 2.98. The molecule has 0 radical (unpaired) electrons. The van der Waals surface area contributed by atoms with Crippen LogP contribution in [0.2, 0.25) is 5.02 Å². The van der Waals surface area contributed by atoms with Crippen LogP contribution in [0.1, 0.15) is 39.6 Å². The van der Waals surface area contributed by atoms with Gasteiger partial charge < -0.3 is 14.2 Å². The predicted molar refractivity (Wildman–Crippen MR) is 131 cm³/mol. The van der Waals surface area contributed by atoms with Crippen LogP contribution in [0.5, 0.6) is 5.75 Å². The molecule has 1 amide bonds. The molecule has 0 N–H and O–H groups in total. The topological polar surface area (TPSA) is 34.5 Å². The van der Waals surface area contributed by atoms with E-state index in [1.807, 2.05) is 65.6 Å². The minimum Gasteiger partial charge on any atom is -0.489 e. The van der Waals surface area contributed by atoms with Crippen molar-refractivity contribution in [1.82, 2.24) is 9.47 Å². The van der Waals surface area contributed by atoms with Crippen LogP contribution in [-0.4, -0.2) is 21.9 Å². The number of hydrogen-bond acceptors (Lipinski definition) is 2. The van der Waals surface area contributed by atoms with Gasteiger partial charge in [0.1, 0.15) is 12.4 Å². The minimum atomic E-state index is -0.183. The first-order chi connectivity index (χ1) is 16.2. The fraction of sp³-hybridized carbons (Fsp3) is 0.179.